The van der Waals surface area contributed by atoms with E-state index in [2.05, 4.69) is 55.4 Å². The van der Waals surface area contributed by atoms with E-state index in [-0.39, 0.29) is 45.4 Å². The van der Waals surface area contributed by atoms with E-state index in [0.717, 1.165) is 29.8 Å². The number of carbonyl (C=O) groups is 2. The lowest BCUT2D eigenvalue weighted by Gasteiger charge is -2.49. The van der Waals surface area contributed by atoms with Gasteiger partial charge in [-0.05, 0) is 90.2 Å². The van der Waals surface area contributed by atoms with Gasteiger partial charge in [0.25, 0.3) is 0 Å². The quantitative estimate of drug-likeness (QED) is 0.280. The predicted octanol–water partition coefficient (Wildman–Crippen LogP) is 7.63. The molecule has 2 aromatic rings. The van der Waals surface area contributed by atoms with Gasteiger partial charge in [0.05, 0.1) is 11.1 Å². The highest BCUT2D eigenvalue weighted by molar-refractivity contribution is 9.10. The van der Waals surface area contributed by atoms with Gasteiger partial charge in [-0.2, -0.15) is 8.42 Å². The van der Waals surface area contributed by atoms with E-state index in [0.29, 0.717) is 40.6 Å². The average molecular weight is 671 g/mol. The number of benzene rings is 2. The van der Waals surface area contributed by atoms with Crippen molar-refractivity contribution in [3.05, 3.63) is 74.5 Å². The molecule has 230 valence electrons. The highest BCUT2D eigenvalue weighted by Crippen LogP contribution is 2.55. The van der Waals surface area contributed by atoms with Crippen LogP contribution >= 0.6 is 15.9 Å². The highest BCUT2D eigenvalue weighted by atomic mass is 79.9. The summed E-state index contributed by atoms with van der Waals surface area (Å²) in [5, 5.41) is 0. The number of ether oxygens (including phenoxy) is 1. The summed E-state index contributed by atoms with van der Waals surface area (Å²) in [4.78, 5) is 30.2. The first-order valence-corrected chi connectivity index (χ1v) is 17.0. The molecule has 1 aliphatic heterocycles. The lowest BCUT2D eigenvalue weighted by molar-refractivity contribution is -0.119. The summed E-state index contributed by atoms with van der Waals surface area (Å²) in [6.07, 6.45) is 2.22. The fraction of sp³-hybridized carbons (Fsp3) is 0.471. The molecule has 0 N–H and O–H groups in total. The number of hydrogen-bond donors (Lipinski definition) is 0. The normalized spacial score (nSPS) is 20.2. The Labute approximate surface area is 263 Å². The number of nitrogens with zero attached hydrogens (tertiary/aromatic N) is 1. The second-order valence-corrected chi connectivity index (χ2v) is 15.8. The Hall–Kier alpha value is -2.91. The summed E-state index contributed by atoms with van der Waals surface area (Å²) < 4.78 is 38.5. The lowest BCUT2D eigenvalue weighted by Crippen LogP contribution is -2.44. The molecule has 0 radical (unpaired) electrons. The molecule has 0 bridgehead atoms. The van der Waals surface area contributed by atoms with Gasteiger partial charge in [0.1, 0.15) is 4.90 Å². The van der Waals surface area contributed by atoms with Gasteiger partial charge in [-0.15, -0.1) is 0 Å². The third-order valence-electron chi connectivity index (χ3n) is 8.51. The molecule has 2 aliphatic carbocycles. The number of Topliss-reactive ketones (excluding diaryl/α,β-unsaturated/α-hetero) is 2. The van der Waals surface area contributed by atoms with Crippen LogP contribution in [0.5, 0.6) is 11.5 Å². The Morgan fingerprint density at radius 1 is 0.884 bits per heavy atom. The zero-order valence-corrected chi connectivity index (χ0v) is 28.4. The van der Waals surface area contributed by atoms with Crippen LogP contribution in [0, 0.1) is 17.8 Å². The summed E-state index contributed by atoms with van der Waals surface area (Å²) >= 11 is 3.56. The van der Waals surface area contributed by atoms with Crippen LogP contribution in [0.4, 0.5) is 0 Å². The van der Waals surface area contributed by atoms with Crippen LogP contribution < -0.4 is 8.92 Å². The molecule has 5 rings (SSSR count). The number of carbonyl (C=O) groups excluding carboxylic acids is 2. The van der Waals surface area contributed by atoms with Gasteiger partial charge < -0.3 is 13.8 Å². The molecule has 7 nitrogen and oxygen atoms in total. The number of rotatable bonds is 7. The summed E-state index contributed by atoms with van der Waals surface area (Å²) in [5.74, 6) is -0.270. The topological polar surface area (TPSA) is 90.0 Å². The molecule has 0 saturated heterocycles. The third kappa shape index (κ3) is 5.95. The maximum absolute atomic E-state index is 14.0. The molecule has 1 heterocycles. The number of hydrogen-bond acceptors (Lipinski definition) is 7. The highest BCUT2D eigenvalue weighted by Gasteiger charge is 2.49. The van der Waals surface area contributed by atoms with Crippen molar-refractivity contribution in [2.45, 2.75) is 85.0 Å². The first-order valence-electron chi connectivity index (χ1n) is 14.8. The van der Waals surface area contributed by atoms with Gasteiger partial charge in [0, 0.05) is 47.8 Å². The van der Waals surface area contributed by atoms with Crippen LogP contribution in [-0.4, -0.2) is 38.0 Å². The zero-order chi connectivity index (χ0) is 31.5. The molecular formula is C34H40BrNO6S. The van der Waals surface area contributed by atoms with E-state index in [1.807, 2.05) is 6.92 Å². The van der Waals surface area contributed by atoms with Crippen LogP contribution in [0.25, 0.3) is 0 Å². The molecule has 43 heavy (non-hydrogen) atoms. The summed E-state index contributed by atoms with van der Waals surface area (Å²) in [7, 11) is -4.17. The smallest absolute Gasteiger partial charge is 0.339 e. The Morgan fingerprint density at radius 2 is 1.42 bits per heavy atom. The van der Waals surface area contributed by atoms with Crippen molar-refractivity contribution in [1.29, 1.82) is 0 Å². The SMILES string of the molecule is CCOc1cc(C2C3=C(CC(C)(C)CC3=O)N(CC)C3=C2C(=O)CC(C)(C)C3)cc(Br)c1OS(=O)(=O)c1ccc(C)cc1. The molecule has 0 amide bonds. The van der Waals surface area contributed by atoms with Gasteiger partial charge in [-0.1, -0.05) is 45.4 Å². The molecule has 9 heteroatoms. The van der Waals surface area contributed by atoms with Crippen LogP contribution in [0.1, 0.15) is 84.3 Å². The van der Waals surface area contributed by atoms with E-state index in [1.165, 1.54) is 12.1 Å². The van der Waals surface area contributed by atoms with Crippen molar-refractivity contribution in [1.82, 2.24) is 4.90 Å². The van der Waals surface area contributed by atoms with Crippen molar-refractivity contribution >= 4 is 37.6 Å². The van der Waals surface area contributed by atoms with Crippen LogP contribution in [0.15, 0.2) is 68.3 Å². The number of halogens is 1. The summed E-state index contributed by atoms with van der Waals surface area (Å²) in [6.45, 7) is 15.1. The molecule has 2 aromatic carbocycles. The van der Waals surface area contributed by atoms with Gasteiger partial charge >= 0.3 is 10.1 Å². The van der Waals surface area contributed by atoms with Gasteiger partial charge in [0.15, 0.2) is 23.1 Å². The maximum atomic E-state index is 14.0. The lowest BCUT2D eigenvalue weighted by atomic mass is 9.63. The van der Waals surface area contributed by atoms with E-state index in [9.17, 15) is 18.0 Å². The number of aryl methyl sites for hydroxylation is 1. The zero-order valence-electron chi connectivity index (χ0n) is 26.0. The monoisotopic (exact) mass is 669 g/mol. The third-order valence-corrected chi connectivity index (χ3v) is 10.3. The molecule has 0 fully saturated rings. The van der Waals surface area contributed by atoms with E-state index < -0.39 is 16.0 Å². The Balaban J connectivity index is 1.70. The van der Waals surface area contributed by atoms with Crippen molar-refractivity contribution in [2.24, 2.45) is 10.8 Å². The molecule has 0 saturated carbocycles. The Morgan fingerprint density at radius 3 is 1.91 bits per heavy atom. The van der Waals surface area contributed by atoms with Gasteiger partial charge in [-0.25, -0.2) is 0 Å². The van der Waals surface area contributed by atoms with Crippen molar-refractivity contribution in [3.63, 3.8) is 0 Å². The van der Waals surface area contributed by atoms with Crippen molar-refractivity contribution in [2.75, 3.05) is 13.2 Å². The second kappa shape index (κ2) is 11.2. The molecule has 0 atom stereocenters. The maximum Gasteiger partial charge on any atom is 0.339 e. The molecule has 3 aliphatic rings. The second-order valence-electron chi connectivity index (χ2n) is 13.4. The minimum atomic E-state index is -4.17. The first kappa shape index (κ1) is 31.5. The molecule has 0 aromatic heterocycles. The summed E-state index contributed by atoms with van der Waals surface area (Å²) in [6, 6.07) is 9.93. The minimum Gasteiger partial charge on any atom is -0.490 e. The average Bonchev–Trinajstić information content (AvgIpc) is 2.88. The van der Waals surface area contributed by atoms with Crippen LogP contribution in [-0.2, 0) is 19.7 Å². The Bertz CT molecular complexity index is 1610. The largest absolute Gasteiger partial charge is 0.490 e. The van der Waals surface area contributed by atoms with E-state index in [4.69, 9.17) is 8.92 Å². The van der Waals surface area contributed by atoms with Crippen molar-refractivity contribution in [3.8, 4) is 11.5 Å². The van der Waals surface area contributed by atoms with E-state index >= 15 is 0 Å². The van der Waals surface area contributed by atoms with Crippen LogP contribution in [0.2, 0.25) is 0 Å². The van der Waals surface area contributed by atoms with E-state index in [1.54, 1.807) is 31.2 Å². The molecule has 0 spiro atoms. The Kier molecular flexibility index (Phi) is 8.22. The fourth-order valence-corrected chi connectivity index (χ4v) is 8.33. The van der Waals surface area contributed by atoms with Gasteiger partial charge in [-0.3, -0.25) is 9.59 Å². The van der Waals surface area contributed by atoms with Gasteiger partial charge in [0.2, 0.25) is 0 Å². The predicted molar refractivity (Wildman–Crippen MR) is 170 cm³/mol. The van der Waals surface area contributed by atoms with Crippen molar-refractivity contribution < 1.29 is 26.9 Å². The molecular weight excluding hydrogens is 630 g/mol. The standard InChI is InChI=1S/C34H40BrNO6S/c1-8-36-24-16-33(4,5)18-26(37)30(24)29(31-25(36)17-34(6,7)19-27(31)38)21-14-23(35)32(28(15-21)41-9-2)42-43(39,40)22-12-10-20(3)11-13-22/h10-15,29H,8-9,16-19H2,1-7H3. The number of ketones is 2. The fourth-order valence-electron chi connectivity index (χ4n) is 6.72. The van der Waals surface area contributed by atoms with Crippen LogP contribution in [0.3, 0.4) is 0 Å². The summed E-state index contributed by atoms with van der Waals surface area (Å²) in [5.41, 5.74) is 4.47. The minimum absolute atomic E-state index is 0.0211. The first-order chi connectivity index (χ1) is 20.1. The number of allylic oxidation sites excluding steroid dienone is 4. The molecule has 0 unspecified atom stereocenters.